The van der Waals surface area contributed by atoms with E-state index < -0.39 is 28.9 Å². The number of Topliss-reactive ketones (excluding diaryl/α,β-unsaturated/α-hetero) is 1. The largest absolute Gasteiger partial charge is 0.380 e. The molecule has 0 spiro atoms. The van der Waals surface area contributed by atoms with E-state index in [-0.39, 0.29) is 18.8 Å². The molecule has 1 aromatic carbocycles. The van der Waals surface area contributed by atoms with Gasteiger partial charge in [0.2, 0.25) is 0 Å². The number of hydrogen-bond acceptors (Lipinski definition) is 3. The Kier molecular flexibility index (Phi) is 4.67. The van der Waals surface area contributed by atoms with Crippen LogP contribution >= 0.6 is 0 Å². The first kappa shape index (κ1) is 15.6. The lowest BCUT2D eigenvalue weighted by molar-refractivity contribution is -0.114. The zero-order valence-electron chi connectivity index (χ0n) is 12.0. The van der Waals surface area contributed by atoms with Gasteiger partial charge in [0.15, 0.2) is 0 Å². The highest BCUT2D eigenvalue weighted by Crippen LogP contribution is 2.33. The van der Waals surface area contributed by atoms with Crippen molar-refractivity contribution in [3.8, 4) is 0 Å². The van der Waals surface area contributed by atoms with Crippen LogP contribution in [0.4, 0.5) is 14.5 Å². The van der Waals surface area contributed by atoms with Crippen LogP contribution in [0.15, 0.2) is 12.1 Å². The lowest BCUT2D eigenvalue weighted by atomic mass is 10.1. The number of carbonyl (C=O) groups excluding carboxylic acids is 2. The Labute approximate surface area is 121 Å². The van der Waals surface area contributed by atoms with E-state index in [0.717, 1.165) is 23.5 Å². The lowest BCUT2D eigenvalue weighted by Gasteiger charge is -2.17. The van der Waals surface area contributed by atoms with Crippen LogP contribution in [0.25, 0.3) is 0 Å². The zero-order chi connectivity index (χ0) is 15.6. The van der Waals surface area contributed by atoms with Gasteiger partial charge in [0.05, 0.1) is 17.9 Å². The number of anilines is 1. The summed E-state index contributed by atoms with van der Waals surface area (Å²) in [5.74, 6) is -3.10. The summed E-state index contributed by atoms with van der Waals surface area (Å²) < 4.78 is 32.8. The molecule has 0 saturated carbocycles. The predicted octanol–water partition coefficient (Wildman–Crippen LogP) is 2.56. The van der Waals surface area contributed by atoms with Crippen molar-refractivity contribution in [1.29, 1.82) is 0 Å². The summed E-state index contributed by atoms with van der Waals surface area (Å²) in [5, 5.41) is 0. The van der Waals surface area contributed by atoms with Crippen molar-refractivity contribution in [3.05, 3.63) is 29.3 Å². The van der Waals surface area contributed by atoms with Crippen molar-refractivity contribution in [1.82, 2.24) is 0 Å². The molecule has 0 atom stereocenters. The number of rotatable bonds is 6. The second kappa shape index (κ2) is 6.30. The third-order valence-electron chi connectivity index (χ3n) is 3.31. The molecule has 0 N–H and O–H groups in total. The van der Waals surface area contributed by atoms with Crippen molar-refractivity contribution < 1.29 is 23.1 Å². The van der Waals surface area contributed by atoms with E-state index in [0.29, 0.717) is 12.5 Å². The summed E-state index contributed by atoms with van der Waals surface area (Å²) in [6.45, 7) is 4.82. The molecule has 0 bridgehead atoms. The first-order valence-corrected chi connectivity index (χ1v) is 6.85. The fourth-order valence-corrected chi connectivity index (χ4v) is 2.14. The summed E-state index contributed by atoms with van der Waals surface area (Å²) in [7, 11) is 0. The standard InChI is InChI=1S/C15H17F2NO3/c1-9(2)5-7-21-8-6-18-13-11(17)4-3-10(16)12(13)14(19)15(18)20/h3-4,9H,5-8H2,1-2H3. The van der Waals surface area contributed by atoms with Gasteiger partial charge in [0.1, 0.15) is 11.6 Å². The van der Waals surface area contributed by atoms with Crippen LogP contribution in [-0.4, -0.2) is 31.4 Å². The first-order chi connectivity index (χ1) is 9.93. The van der Waals surface area contributed by atoms with Gasteiger partial charge in [-0.3, -0.25) is 14.5 Å². The minimum atomic E-state index is -1.01. The van der Waals surface area contributed by atoms with E-state index in [4.69, 9.17) is 4.74 Å². The van der Waals surface area contributed by atoms with Gasteiger partial charge in [0.25, 0.3) is 11.7 Å². The summed E-state index contributed by atoms with van der Waals surface area (Å²) in [6.07, 6.45) is 0.868. The van der Waals surface area contributed by atoms with Crippen LogP contribution in [-0.2, 0) is 9.53 Å². The number of fused-ring (bicyclic) bond motifs is 1. The number of halogens is 2. The van der Waals surface area contributed by atoms with Crippen LogP contribution in [0.3, 0.4) is 0 Å². The Morgan fingerprint density at radius 1 is 1.14 bits per heavy atom. The molecule has 1 aromatic rings. The van der Waals surface area contributed by atoms with E-state index in [1.807, 2.05) is 0 Å². The van der Waals surface area contributed by atoms with Gasteiger partial charge >= 0.3 is 0 Å². The highest BCUT2D eigenvalue weighted by atomic mass is 19.1. The molecule has 0 fully saturated rings. The van der Waals surface area contributed by atoms with Crippen molar-refractivity contribution >= 4 is 17.4 Å². The molecule has 6 heteroatoms. The summed E-state index contributed by atoms with van der Waals surface area (Å²) in [4.78, 5) is 24.5. The van der Waals surface area contributed by atoms with Crippen molar-refractivity contribution in [2.24, 2.45) is 5.92 Å². The quantitative estimate of drug-likeness (QED) is 0.599. The van der Waals surface area contributed by atoms with Gasteiger partial charge in [-0.25, -0.2) is 8.78 Å². The Morgan fingerprint density at radius 2 is 1.81 bits per heavy atom. The smallest absolute Gasteiger partial charge is 0.299 e. The van der Waals surface area contributed by atoms with Crippen molar-refractivity contribution in [3.63, 3.8) is 0 Å². The normalized spacial score (nSPS) is 14.2. The fraction of sp³-hybridized carbons (Fsp3) is 0.467. The molecule has 2 rings (SSSR count). The molecule has 1 heterocycles. The molecule has 0 unspecified atom stereocenters. The van der Waals surface area contributed by atoms with Gasteiger partial charge in [-0.2, -0.15) is 0 Å². The van der Waals surface area contributed by atoms with E-state index in [1.54, 1.807) is 0 Å². The number of ketones is 1. The molecule has 114 valence electrons. The van der Waals surface area contributed by atoms with Crippen molar-refractivity contribution in [2.75, 3.05) is 24.7 Å². The Morgan fingerprint density at radius 3 is 2.48 bits per heavy atom. The average Bonchev–Trinajstić information content (AvgIpc) is 2.68. The Bertz CT molecular complexity index is 572. The molecule has 0 aromatic heterocycles. The van der Waals surface area contributed by atoms with E-state index in [1.165, 1.54) is 0 Å². The molecule has 0 radical (unpaired) electrons. The van der Waals surface area contributed by atoms with Crippen LogP contribution in [0, 0.1) is 17.6 Å². The number of ether oxygens (including phenoxy) is 1. The molecule has 21 heavy (non-hydrogen) atoms. The van der Waals surface area contributed by atoms with Gasteiger partial charge in [0, 0.05) is 13.2 Å². The topological polar surface area (TPSA) is 46.6 Å². The minimum absolute atomic E-state index is 0.0239. The maximum atomic E-state index is 13.8. The maximum absolute atomic E-state index is 13.8. The fourth-order valence-electron chi connectivity index (χ4n) is 2.14. The third kappa shape index (κ3) is 3.10. The Balaban J connectivity index is 2.07. The first-order valence-electron chi connectivity index (χ1n) is 6.85. The van der Waals surface area contributed by atoms with E-state index in [9.17, 15) is 18.4 Å². The molecule has 1 amide bonds. The number of nitrogens with zero attached hydrogens (tertiary/aromatic N) is 1. The molecule has 1 aliphatic rings. The van der Waals surface area contributed by atoms with E-state index >= 15 is 0 Å². The zero-order valence-corrected chi connectivity index (χ0v) is 12.0. The average molecular weight is 297 g/mol. The van der Waals surface area contributed by atoms with Gasteiger partial charge in [-0.1, -0.05) is 13.8 Å². The molecular weight excluding hydrogens is 280 g/mol. The van der Waals surface area contributed by atoms with Crippen LogP contribution < -0.4 is 4.90 Å². The number of benzene rings is 1. The summed E-state index contributed by atoms with van der Waals surface area (Å²) in [5.41, 5.74) is -0.764. The second-order valence-electron chi connectivity index (χ2n) is 5.33. The highest BCUT2D eigenvalue weighted by Gasteiger charge is 2.40. The number of carbonyl (C=O) groups is 2. The maximum Gasteiger partial charge on any atom is 0.299 e. The number of hydrogen-bond donors (Lipinski definition) is 0. The molecule has 0 saturated heterocycles. The second-order valence-corrected chi connectivity index (χ2v) is 5.33. The number of amides is 1. The van der Waals surface area contributed by atoms with E-state index in [2.05, 4.69) is 13.8 Å². The van der Waals surface area contributed by atoms with Crippen LogP contribution in [0.2, 0.25) is 0 Å². The monoisotopic (exact) mass is 297 g/mol. The van der Waals surface area contributed by atoms with Crippen LogP contribution in [0.5, 0.6) is 0 Å². The van der Waals surface area contributed by atoms with Crippen LogP contribution in [0.1, 0.15) is 30.6 Å². The minimum Gasteiger partial charge on any atom is -0.380 e. The van der Waals surface area contributed by atoms with Gasteiger partial charge in [-0.15, -0.1) is 0 Å². The lowest BCUT2D eigenvalue weighted by Crippen LogP contribution is -2.33. The molecule has 1 aliphatic heterocycles. The van der Waals surface area contributed by atoms with Gasteiger partial charge in [-0.05, 0) is 24.5 Å². The SMILES string of the molecule is CC(C)CCOCCN1C(=O)C(=O)c2c(F)ccc(F)c21. The Hall–Kier alpha value is -1.82. The molecule has 0 aliphatic carbocycles. The van der Waals surface area contributed by atoms with Gasteiger partial charge < -0.3 is 4.74 Å². The summed E-state index contributed by atoms with van der Waals surface area (Å²) in [6, 6.07) is 1.76. The predicted molar refractivity (Wildman–Crippen MR) is 73.3 cm³/mol. The highest BCUT2D eigenvalue weighted by molar-refractivity contribution is 6.52. The molecule has 4 nitrogen and oxygen atoms in total. The van der Waals surface area contributed by atoms with Crippen molar-refractivity contribution in [2.45, 2.75) is 20.3 Å². The third-order valence-corrected chi connectivity index (χ3v) is 3.31. The molecular formula is C15H17F2NO3. The summed E-state index contributed by atoms with van der Waals surface area (Å²) >= 11 is 0.